The summed E-state index contributed by atoms with van der Waals surface area (Å²) in [6.45, 7) is 2.14. The molecular formula is C15H16BrNO. The molecule has 0 aliphatic carbocycles. The van der Waals surface area contributed by atoms with Gasteiger partial charge in [0.2, 0.25) is 0 Å². The van der Waals surface area contributed by atoms with Gasteiger partial charge < -0.3 is 10.0 Å². The van der Waals surface area contributed by atoms with Crippen molar-refractivity contribution in [2.75, 3.05) is 11.9 Å². The molecule has 2 aromatic carbocycles. The molecule has 0 fully saturated rings. The van der Waals surface area contributed by atoms with Gasteiger partial charge in [0.15, 0.2) is 0 Å². The number of hydrogen-bond acceptors (Lipinski definition) is 2. The second kappa shape index (κ2) is 5.55. The van der Waals surface area contributed by atoms with Crippen LogP contribution in [0.25, 0.3) is 0 Å². The van der Waals surface area contributed by atoms with Gasteiger partial charge in [-0.2, -0.15) is 0 Å². The number of aryl methyl sites for hydroxylation is 1. The molecule has 18 heavy (non-hydrogen) atoms. The average molecular weight is 306 g/mol. The Kier molecular flexibility index (Phi) is 4.04. The number of halogens is 1. The summed E-state index contributed by atoms with van der Waals surface area (Å²) >= 11 is 3.48. The van der Waals surface area contributed by atoms with Crippen LogP contribution in [0.15, 0.2) is 46.9 Å². The highest BCUT2D eigenvalue weighted by atomic mass is 79.9. The molecule has 0 saturated heterocycles. The van der Waals surface area contributed by atoms with E-state index in [2.05, 4.69) is 52.0 Å². The van der Waals surface area contributed by atoms with E-state index < -0.39 is 0 Å². The van der Waals surface area contributed by atoms with E-state index in [0.717, 1.165) is 21.4 Å². The molecular weight excluding hydrogens is 290 g/mol. The summed E-state index contributed by atoms with van der Waals surface area (Å²) in [6.07, 6.45) is 0. The van der Waals surface area contributed by atoms with Gasteiger partial charge in [0, 0.05) is 22.9 Å². The molecule has 0 saturated carbocycles. The molecule has 0 heterocycles. The lowest BCUT2D eigenvalue weighted by Crippen LogP contribution is -2.09. The first-order valence-electron chi connectivity index (χ1n) is 5.81. The Labute approximate surface area is 116 Å². The van der Waals surface area contributed by atoms with Crippen molar-refractivity contribution in [3.8, 4) is 0 Å². The Morgan fingerprint density at radius 3 is 2.44 bits per heavy atom. The Morgan fingerprint density at radius 2 is 1.83 bits per heavy atom. The van der Waals surface area contributed by atoms with Crippen LogP contribution in [-0.4, -0.2) is 12.2 Å². The predicted molar refractivity (Wildman–Crippen MR) is 79.3 cm³/mol. The molecule has 94 valence electrons. The van der Waals surface area contributed by atoms with Gasteiger partial charge in [-0.3, -0.25) is 0 Å². The molecule has 0 radical (unpaired) electrons. The number of aliphatic hydroxyl groups is 1. The van der Waals surface area contributed by atoms with Crippen LogP contribution in [0.3, 0.4) is 0 Å². The largest absolute Gasteiger partial charge is 0.392 e. The van der Waals surface area contributed by atoms with E-state index in [1.165, 1.54) is 5.56 Å². The summed E-state index contributed by atoms with van der Waals surface area (Å²) in [5, 5.41) is 9.16. The van der Waals surface area contributed by atoms with Crippen molar-refractivity contribution in [2.45, 2.75) is 13.5 Å². The maximum absolute atomic E-state index is 9.16. The van der Waals surface area contributed by atoms with E-state index in [-0.39, 0.29) is 6.61 Å². The van der Waals surface area contributed by atoms with E-state index >= 15 is 0 Å². The van der Waals surface area contributed by atoms with E-state index in [1.807, 2.05) is 25.2 Å². The van der Waals surface area contributed by atoms with Crippen LogP contribution in [0.5, 0.6) is 0 Å². The Hall–Kier alpha value is -1.32. The van der Waals surface area contributed by atoms with Crippen molar-refractivity contribution in [1.82, 2.24) is 0 Å². The Bertz CT molecular complexity index is 554. The molecule has 0 amide bonds. The SMILES string of the molecule is Cc1cccc(N(C)c2ccc(CO)c(Br)c2)c1. The fraction of sp³-hybridized carbons (Fsp3) is 0.200. The number of rotatable bonds is 3. The third kappa shape index (κ3) is 2.74. The normalized spacial score (nSPS) is 10.4. The minimum atomic E-state index is 0.0506. The van der Waals surface area contributed by atoms with Gasteiger partial charge in [-0.1, -0.05) is 34.1 Å². The number of anilines is 2. The molecule has 0 unspecified atom stereocenters. The second-order valence-corrected chi connectivity index (χ2v) is 5.19. The molecule has 2 rings (SSSR count). The lowest BCUT2D eigenvalue weighted by molar-refractivity contribution is 0.281. The maximum atomic E-state index is 9.16. The molecule has 0 aliphatic rings. The van der Waals surface area contributed by atoms with Crippen LogP contribution in [0.4, 0.5) is 11.4 Å². The summed E-state index contributed by atoms with van der Waals surface area (Å²) in [7, 11) is 2.04. The molecule has 1 N–H and O–H groups in total. The molecule has 2 nitrogen and oxygen atoms in total. The minimum Gasteiger partial charge on any atom is -0.392 e. The summed E-state index contributed by atoms with van der Waals surface area (Å²) in [5.74, 6) is 0. The minimum absolute atomic E-state index is 0.0506. The fourth-order valence-corrected chi connectivity index (χ4v) is 2.35. The average Bonchev–Trinajstić information content (AvgIpc) is 2.37. The van der Waals surface area contributed by atoms with E-state index in [0.29, 0.717) is 0 Å². The van der Waals surface area contributed by atoms with Crippen molar-refractivity contribution >= 4 is 27.3 Å². The van der Waals surface area contributed by atoms with Crippen molar-refractivity contribution < 1.29 is 5.11 Å². The lowest BCUT2D eigenvalue weighted by atomic mass is 10.1. The van der Waals surface area contributed by atoms with Crippen LogP contribution in [0.1, 0.15) is 11.1 Å². The standard InChI is InChI=1S/C15H16BrNO/c1-11-4-3-5-13(8-11)17(2)14-7-6-12(10-18)15(16)9-14/h3-9,18H,10H2,1-2H3. The number of hydrogen-bond donors (Lipinski definition) is 1. The Balaban J connectivity index is 2.34. The van der Waals surface area contributed by atoms with Gasteiger partial charge in [0.1, 0.15) is 0 Å². The maximum Gasteiger partial charge on any atom is 0.0692 e. The van der Waals surface area contributed by atoms with Crippen molar-refractivity contribution in [2.24, 2.45) is 0 Å². The van der Waals surface area contributed by atoms with Gasteiger partial charge in [-0.25, -0.2) is 0 Å². The molecule has 0 spiro atoms. The van der Waals surface area contributed by atoms with E-state index in [9.17, 15) is 0 Å². The molecule has 0 aliphatic heterocycles. The third-order valence-corrected chi connectivity index (χ3v) is 3.72. The van der Waals surface area contributed by atoms with Crippen molar-refractivity contribution in [1.29, 1.82) is 0 Å². The summed E-state index contributed by atoms with van der Waals surface area (Å²) in [5.41, 5.74) is 4.38. The van der Waals surface area contributed by atoms with Crippen LogP contribution in [-0.2, 0) is 6.61 Å². The molecule has 2 aromatic rings. The Morgan fingerprint density at radius 1 is 1.11 bits per heavy atom. The zero-order chi connectivity index (χ0) is 13.1. The first kappa shape index (κ1) is 13.1. The monoisotopic (exact) mass is 305 g/mol. The van der Waals surface area contributed by atoms with Crippen LogP contribution in [0.2, 0.25) is 0 Å². The molecule has 0 bridgehead atoms. The molecule has 0 atom stereocenters. The third-order valence-electron chi connectivity index (χ3n) is 2.98. The van der Waals surface area contributed by atoms with Gasteiger partial charge in [0.05, 0.1) is 6.61 Å². The highest BCUT2D eigenvalue weighted by Gasteiger charge is 2.06. The topological polar surface area (TPSA) is 23.5 Å². The lowest BCUT2D eigenvalue weighted by Gasteiger charge is -2.20. The number of aliphatic hydroxyl groups excluding tert-OH is 1. The van der Waals surface area contributed by atoms with E-state index in [4.69, 9.17) is 5.11 Å². The van der Waals surface area contributed by atoms with Gasteiger partial charge >= 0.3 is 0 Å². The van der Waals surface area contributed by atoms with Gasteiger partial charge in [0.25, 0.3) is 0 Å². The molecule has 0 aromatic heterocycles. The van der Waals surface area contributed by atoms with E-state index in [1.54, 1.807) is 0 Å². The number of nitrogens with zero attached hydrogens (tertiary/aromatic N) is 1. The highest BCUT2D eigenvalue weighted by molar-refractivity contribution is 9.10. The molecule has 3 heteroatoms. The quantitative estimate of drug-likeness (QED) is 0.926. The van der Waals surface area contributed by atoms with Crippen LogP contribution < -0.4 is 4.90 Å². The smallest absolute Gasteiger partial charge is 0.0692 e. The van der Waals surface area contributed by atoms with Crippen molar-refractivity contribution in [3.05, 3.63) is 58.1 Å². The zero-order valence-electron chi connectivity index (χ0n) is 10.5. The van der Waals surface area contributed by atoms with Crippen molar-refractivity contribution in [3.63, 3.8) is 0 Å². The predicted octanol–water partition coefficient (Wildman–Crippen LogP) is 4.02. The summed E-state index contributed by atoms with van der Waals surface area (Å²) in [6, 6.07) is 14.3. The second-order valence-electron chi connectivity index (χ2n) is 4.33. The summed E-state index contributed by atoms with van der Waals surface area (Å²) in [4.78, 5) is 2.12. The first-order chi connectivity index (χ1) is 8.61. The number of benzene rings is 2. The summed E-state index contributed by atoms with van der Waals surface area (Å²) < 4.78 is 0.932. The highest BCUT2D eigenvalue weighted by Crippen LogP contribution is 2.28. The zero-order valence-corrected chi connectivity index (χ0v) is 12.1. The van der Waals surface area contributed by atoms with Gasteiger partial charge in [-0.05, 0) is 42.3 Å². The fourth-order valence-electron chi connectivity index (χ4n) is 1.86. The van der Waals surface area contributed by atoms with Gasteiger partial charge in [-0.15, -0.1) is 0 Å². The van der Waals surface area contributed by atoms with Crippen LogP contribution in [0, 0.1) is 6.92 Å². The first-order valence-corrected chi connectivity index (χ1v) is 6.61. The van der Waals surface area contributed by atoms with Crippen LogP contribution >= 0.6 is 15.9 Å².